The van der Waals surface area contributed by atoms with Crippen molar-refractivity contribution in [3.05, 3.63) is 213 Å². The standard InChI is InChI=1S/C50H42N2O5/c1-2-3-4-5-6-15-26-57-50-48-44-37-20-11-7-16-33(37)42(34-17-8-12-21-38(34)44)46(48)41(25-24-30-27-31(51(53)54)29-32(28-30)52(55)56)47-43-35-18-9-13-22-39(35)45(49(47)50)40-23-14-10-19-36(40)43/h7-14,16-25,27-29,42-45H,2-6,15,26H2,1H3/b25-24+. The van der Waals surface area contributed by atoms with Crippen molar-refractivity contribution in [3.8, 4) is 5.75 Å². The van der Waals surface area contributed by atoms with Gasteiger partial charge in [0.2, 0.25) is 0 Å². The lowest BCUT2D eigenvalue weighted by Gasteiger charge is -2.49. The lowest BCUT2D eigenvalue weighted by molar-refractivity contribution is -0.394. The molecule has 4 bridgehead atoms. The molecule has 6 aromatic carbocycles. The number of hydrogen-bond donors (Lipinski definition) is 0. The SMILES string of the molecule is CCCCCCCCOc1c2c(c(/C=C/c3cc([N+](=O)[O-])cc([N+](=O)[O-])c3)c3c1C1c4ccccc4C3c3ccccc31)C1c3ccccc3C2c2ccccc21. The predicted octanol–water partition coefficient (Wildman–Crippen LogP) is 12.4. The molecule has 6 aliphatic rings. The van der Waals surface area contributed by atoms with Gasteiger partial charge < -0.3 is 4.74 Å². The Kier molecular flexibility index (Phi) is 8.62. The highest BCUT2D eigenvalue weighted by Gasteiger charge is 2.51. The minimum atomic E-state index is -0.566. The first-order valence-electron chi connectivity index (χ1n) is 20.3. The average molecular weight is 751 g/mol. The smallest absolute Gasteiger partial charge is 0.276 e. The van der Waals surface area contributed by atoms with Crippen LogP contribution in [0.25, 0.3) is 12.2 Å². The number of rotatable bonds is 12. The van der Waals surface area contributed by atoms with E-state index in [-0.39, 0.29) is 35.0 Å². The molecule has 0 unspecified atom stereocenters. The van der Waals surface area contributed by atoms with Crippen LogP contribution in [0.1, 0.15) is 147 Å². The van der Waals surface area contributed by atoms with E-state index in [1.54, 1.807) is 0 Å². The van der Waals surface area contributed by atoms with Crippen LogP contribution in [0.4, 0.5) is 11.4 Å². The average Bonchev–Trinajstić information content (AvgIpc) is 3.24. The normalized spacial score (nSPS) is 18.6. The van der Waals surface area contributed by atoms with Crippen LogP contribution in [0.5, 0.6) is 5.75 Å². The Morgan fingerprint density at radius 1 is 0.509 bits per heavy atom. The lowest BCUT2D eigenvalue weighted by Crippen LogP contribution is -2.34. The molecule has 57 heavy (non-hydrogen) atoms. The Labute approximate surface area is 332 Å². The molecule has 0 amide bonds. The molecule has 282 valence electrons. The molecule has 0 aromatic heterocycles. The Bertz CT molecular complexity index is 2410. The second-order valence-electron chi connectivity index (χ2n) is 15.9. The minimum Gasteiger partial charge on any atom is -0.493 e. The van der Waals surface area contributed by atoms with Gasteiger partial charge in [-0.3, -0.25) is 20.2 Å². The van der Waals surface area contributed by atoms with Crippen molar-refractivity contribution >= 4 is 23.5 Å². The molecular weight excluding hydrogens is 709 g/mol. The third-order valence-corrected chi connectivity index (χ3v) is 12.8. The largest absolute Gasteiger partial charge is 0.493 e. The number of nitro groups is 2. The van der Waals surface area contributed by atoms with Gasteiger partial charge in [-0.25, -0.2) is 0 Å². The molecule has 6 aromatic rings. The van der Waals surface area contributed by atoms with Gasteiger partial charge in [0.15, 0.2) is 0 Å². The molecule has 0 saturated heterocycles. The van der Waals surface area contributed by atoms with Crippen LogP contribution in [0, 0.1) is 20.2 Å². The number of nitrogens with zero attached hydrogens (tertiary/aromatic N) is 2. The van der Waals surface area contributed by atoms with Crippen molar-refractivity contribution in [1.82, 2.24) is 0 Å². The minimum absolute atomic E-state index is 0.0563. The Morgan fingerprint density at radius 2 is 0.877 bits per heavy atom. The molecule has 0 spiro atoms. The summed E-state index contributed by atoms with van der Waals surface area (Å²) in [6, 6.07) is 39.1. The maximum atomic E-state index is 12.0. The van der Waals surface area contributed by atoms with E-state index in [9.17, 15) is 20.2 Å². The van der Waals surface area contributed by atoms with Crippen LogP contribution >= 0.6 is 0 Å². The summed E-state index contributed by atoms with van der Waals surface area (Å²) in [5.74, 6) is 0.724. The third-order valence-electron chi connectivity index (χ3n) is 12.8. The van der Waals surface area contributed by atoms with E-state index in [4.69, 9.17) is 4.74 Å². The highest BCUT2D eigenvalue weighted by Crippen LogP contribution is 2.66. The molecular formula is C50H42N2O5. The van der Waals surface area contributed by atoms with Crippen molar-refractivity contribution in [2.24, 2.45) is 0 Å². The first-order chi connectivity index (χ1) is 28.0. The second kappa shape index (κ2) is 14.0. The summed E-state index contributed by atoms with van der Waals surface area (Å²) in [4.78, 5) is 22.8. The summed E-state index contributed by atoms with van der Waals surface area (Å²) < 4.78 is 7.30. The van der Waals surface area contributed by atoms with Crippen LogP contribution in [-0.4, -0.2) is 16.5 Å². The van der Waals surface area contributed by atoms with Crippen LogP contribution in [-0.2, 0) is 0 Å². The van der Waals surface area contributed by atoms with Gasteiger partial charge in [-0.1, -0.05) is 148 Å². The third kappa shape index (κ3) is 5.47. The van der Waals surface area contributed by atoms with Gasteiger partial charge in [-0.2, -0.15) is 0 Å². The molecule has 0 atom stereocenters. The maximum Gasteiger partial charge on any atom is 0.276 e. The zero-order valence-electron chi connectivity index (χ0n) is 31.8. The number of benzene rings is 6. The van der Waals surface area contributed by atoms with E-state index in [2.05, 4.69) is 110 Å². The number of hydrogen-bond acceptors (Lipinski definition) is 5. The van der Waals surface area contributed by atoms with Crippen molar-refractivity contribution in [2.45, 2.75) is 69.1 Å². The fourth-order valence-corrected chi connectivity index (χ4v) is 10.6. The highest BCUT2D eigenvalue weighted by atomic mass is 16.6. The molecule has 0 saturated carbocycles. The fourth-order valence-electron chi connectivity index (χ4n) is 10.6. The quantitative estimate of drug-likeness (QED) is 0.0536. The zero-order chi connectivity index (χ0) is 38.8. The Hall–Kier alpha value is -6.34. The van der Waals surface area contributed by atoms with Crippen LogP contribution in [0.15, 0.2) is 115 Å². The van der Waals surface area contributed by atoms with E-state index in [0.29, 0.717) is 12.2 Å². The van der Waals surface area contributed by atoms with Crippen molar-refractivity contribution in [3.63, 3.8) is 0 Å². The molecule has 12 rings (SSSR count). The lowest BCUT2D eigenvalue weighted by atomic mass is 9.54. The molecule has 6 aliphatic carbocycles. The molecule has 7 nitrogen and oxygen atoms in total. The monoisotopic (exact) mass is 750 g/mol. The van der Waals surface area contributed by atoms with E-state index >= 15 is 0 Å². The molecule has 0 heterocycles. The van der Waals surface area contributed by atoms with Gasteiger partial charge >= 0.3 is 0 Å². The maximum absolute atomic E-state index is 12.0. The van der Waals surface area contributed by atoms with Gasteiger partial charge in [0.05, 0.1) is 22.5 Å². The number of unbranched alkanes of at least 4 members (excludes halogenated alkanes) is 5. The van der Waals surface area contributed by atoms with Gasteiger partial charge in [0.25, 0.3) is 11.4 Å². The van der Waals surface area contributed by atoms with Crippen molar-refractivity contribution in [1.29, 1.82) is 0 Å². The van der Waals surface area contributed by atoms with Gasteiger partial charge in [0.1, 0.15) is 5.75 Å². The van der Waals surface area contributed by atoms with E-state index in [1.165, 1.54) is 105 Å². The molecule has 0 radical (unpaired) electrons. The second-order valence-corrected chi connectivity index (χ2v) is 15.9. The summed E-state index contributed by atoms with van der Waals surface area (Å²) >= 11 is 0. The van der Waals surface area contributed by atoms with Gasteiger partial charge in [-0.05, 0) is 73.2 Å². The first kappa shape index (κ1) is 35.1. The summed E-state index contributed by atoms with van der Waals surface area (Å²) in [6.45, 7) is 2.87. The van der Waals surface area contributed by atoms with E-state index in [1.807, 2.05) is 6.08 Å². The van der Waals surface area contributed by atoms with Crippen molar-refractivity contribution < 1.29 is 14.6 Å². The van der Waals surface area contributed by atoms with Crippen molar-refractivity contribution in [2.75, 3.05) is 6.61 Å². The summed E-state index contributed by atoms with van der Waals surface area (Å²) in [5.41, 5.74) is 16.0. The van der Waals surface area contributed by atoms with E-state index < -0.39 is 9.85 Å². The fraction of sp³-hybridized carbons (Fsp3) is 0.240. The van der Waals surface area contributed by atoms with Crippen LogP contribution < -0.4 is 4.74 Å². The molecule has 0 N–H and O–H groups in total. The summed E-state index contributed by atoms with van der Waals surface area (Å²) in [7, 11) is 0. The molecule has 0 aliphatic heterocycles. The number of non-ortho nitro benzene ring substituents is 2. The van der Waals surface area contributed by atoms with Crippen LogP contribution in [0.3, 0.4) is 0 Å². The highest BCUT2D eigenvalue weighted by molar-refractivity contribution is 5.87. The first-order valence-corrected chi connectivity index (χ1v) is 20.3. The Morgan fingerprint density at radius 3 is 1.26 bits per heavy atom. The van der Waals surface area contributed by atoms with Gasteiger partial charge in [-0.15, -0.1) is 0 Å². The molecule has 7 heteroatoms. The number of nitro benzene ring substituents is 2. The topological polar surface area (TPSA) is 95.5 Å². The summed E-state index contributed by atoms with van der Waals surface area (Å²) in [5, 5.41) is 24.0. The summed E-state index contributed by atoms with van der Waals surface area (Å²) in [6.07, 6.45) is 10.9. The van der Waals surface area contributed by atoms with Gasteiger partial charge in [0, 0.05) is 46.9 Å². The Balaban J connectivity index is 1.27. The zero-order valence-corrected chi connectivity index (χ0v) is 31.8. The molecule has 0 fully saturated rings. The predicted molar refractivity (Wildman–Crippen MR) is 224 cm³/mol. The van der Waals surface area contributed by atoms with E-state index in [0.717, 1.165) is 30.2 Å². The number of ether oxygens (including phenoxy) is 1. The van der Waals surface area contributed by atoms with Crippen LogP contribution in [0.2, 0.25) is 0 Å².